The van der Waals surface area contributed by atoms with Crippen LogP contribution in [0.3, 0.4) is 0 Å². The Labute approximate surface area is 174 Å². The van der Waals surface area contributed by atoms with Crippen LogP contribution in [-0.4, -0.2) is 59.3 Å². The molecule has 0 atom stereocenters. The first kappa shape index (κ1) is 21.2. The van der Waals surface area contributed by atoms with Gasteiger partial charge in [-0.2, -0.15) is 0 Å². The summed E-state index contributed by atoms with van der Waals surface area (Å²) < 4.78 is 0. The van der Waals surface area contributed by atoms with Crippen molar-refractivity contribution in [3.63, 3.8) is 0 Å². The second-order valence-corrected chi connectivity index (χ2v) is 9.42. The molecule has 0 unspecified atom stereocenters. The second kappa shape index (κ2) is 11.5. The molecule has 3 aliphatic rings. The molecule has 0 spiro atoms. The Morgan fingerprint density at radius 2 is 1.57 bits per heavy atom. The number of thioether (sulfide) groups is 1. The van der Waals surface area contributed by atoms with Gasteiger partial charge in [0.2, 0.25) is 12.3 Å². The summed E-state index contributed by atoms with van der Waals surface area (Å²) in [4.78, 5) is 26.4. The van der Waals surface area contributed by atoms with Gasteiger partial charge in [0.05, 0.1) is 5.75 Å². The van der Waals surface area contributed by atoms with Gasteiger partial charge in [-0.25, -0.2) is 0 Å². The van der Waals surface area contributed by atoms with Gasteiger partial charge >= 0.3 is 0 Å². The lowest BCUT2D eigenvalue weighted by Gasteiger charge is -2.32. The highest BCUT2D eigenvalue weighted by Crippen LogP contribution is 2.39. The molecule has 4 nitrogen and oxygen atoms in total. The van der Waals surface area contributed by atoms with Gasteiger partial charge in [-0.1, -0.05) is 56.0 Å². The van der Waals surface area contributed by atoms with Crippen LogP contribution >= 0.6 is 11.8 Å². The van der Waals surface area contributed by atoms with Crippen LogP contribution < -0.4 is 0 Å². The molecule has 3 fully saturated rings. The van der Waals surface area contributed by atoms with Crippen molar-refractivity contribution in [3.05, 3.63) is 35.9 Å². The van der Waals surface area contributed by atoms with Crippen LogP contribution in [0.4, 0.5) is 0 Å². The number of rotatable bonds is 5. The first-order valence-electron chi connectivity index (χ1n) is 10.9. The van der Waals surface area contributed by atoms with E-state index in [9.17, 15) is 9.59 Å². The van der Waals surface area contributed by atoms with E-state index in [4.69, 9.17) is 0 Å². The zero-order valence-electron chi connectivity index (χ0n) is 16.9. The minimum atomic E-state index is 0.250. The smallest absolute Gasteiger partial charge is 0.232 e. The van der Waals surface area contributed by atoms with Crippen molar-refractivity contribution in [1.82, 2.24) is 9.80 Å². The summed E-state index contributed by atoms with van der Waals surface area (Å²) in [6.45, 7) is 2.76. The standard InChI is InChI=1S/C14H24N2O2S.C9H10/c17-12-15-7-9-16(10-8-15)14(18)11-19-13-5-3-1-2-4-6-13;1-2-4-8(5-3-1)9-6-7-9/h12-13H,1-11H2;1-5,9H,6-7H2. The number of hydrogen-bond donors (Lipinski definition) is 0. The van der Waals surface area contributed by atoms with Gasteiger partial charge in [-0.05, 0) is 37.2 Å². The molecule has 2 saturated carbocycles. The minimum absolute atomic E-state index is 0.250. The van der Waals surface area contributed by atoms with Gasteiger partial charge in [0, 0.05) is 31.4 Å². The van der Waals surface area contributed by atoms with Crippen LogP contribution in [0.1, 0.15) is 62.8 Å². The first-order chi connectivity index (χ1) is 13.8. The van der Waals surface area contributed by atoms with Crippen molar-refractivity contribution < 1.29 is 9.59 Å². The summed E-state index contributed by atoms with van der Waals surface area (Å²) in [5, 5.41) is 0.683. The molecule has 154 valence electrons. The molecule has 4 rings (SSSR count). The Balaban J connectivity index is 0.000000206. The molecular formula is C23H34N2O2S. The fourth-order valence-corrected chi connectivity index (χ4v) is 5.14. The average Bonchev–Trinajstić information content (AvgIpc) is 3.61. The molecular weight excluding hydrogens is 368 g/mol. The van der Waals surface area contributed by atoms with Crippen molar-refractivity contribution in [1.29, 1.82) is 0 Å². The third-order valence-electron chi connectivity index (χ3n) is 5.91. The highest BCUT2D eigenvalue weighted by Gasteiger charge is 2.23. The van der Waals surface area contributed by atoms with Gasteiger partial charge in [0.1, 0.15) is 0 Å². The number of benzene rings is 1. The first-order valence-corrected chi connectivity index (χ1v) is 11.9. The Morgan fingerprint density at radius 3 is 2.14 bits per heavy atom. The van der Waals surface area contributed by atoms with Gasteiger partial charge in [-0.3, -0.25) is 9.59 Å². The second-order valence-electron chi connectivity index (χ2n) is 8.13. The van der Waals surface area contributed by atoms with E-state index >= 15 is 0 Å². The van der Waals surface area contributed by atoms with Gasteiger partial charge in [-0.15, -0.1) is 11.8 Å². The molecule has 0 bridgehead atoms. The maximum Gasteiger partial charge on any atom is 0.232 e. The van der Waals surface area contributed by atoms with Crippen molar-refractivity contribution in [2.45, 2.75) is 62.5 Å². The van der Waals surface area contributed by atoms with Crippen molar-refractivity contribution in [2.75, 3.05) is 31.9 Å². The highest BCUT2D eigenvalue weighted by atomic mass is 32.2. The minimum Gasteiger partial charge on any atom is -0.342 e. The molecule has 5 heteroatoms. The van der Waals surface area contributed by atoms with E-state index in [1.54, 1.807) is 4.90 Å². The molecule has 2 aliphatic carbocycles. The third-order valence-corrected chi connectivity index (χ3v) is 7.27. The van der Waals surface area contributed by atoms with E-state index in [0.717, 1.165) is 12.3 Å². The predicted molar refractivity (Wildman–Crippen MR) is 117 cm³/mol. The molecule has 1 aromatic rings. The van der Waals surface area contributed by atoms with E-state index in [-0.39, 0.29) is 5.91 Å². The van der Waals surface area contributed by atoms with E-state index < -0.39 is 0 Å². The molecule has 28 heavy (non-hydrogen) atoms. The van der Waals surface area contributed by atoms with Gasteiger partial charge < -0.3 is 9.80 Å². The largest absolute Gasteiger partial charge is 0.342 e. The quantitative estimate of drug-likeness (QED) is 0.544. The third kappa shape index (κ3) is 7.16. The Morgan fingerprint density at radius 1 is 0.929 bits per heavy atom. The topological polar surface area (TPSA) is 40.6 Å². The van der Waals surface area contributed by atoms with Crippen LogP contribution in [0.25, 0.3) is 0 Å². The maximum atomic E-state index is 12.1. The zero-order chi connectivity index (χ0) is 19.6. The van der Waals surface area contributed by atoms with Crippen molar-refractivity contribution in [2.24, 2.45) is 0 Å². The summed E-state index contributed by atoms with van der Waals surface area (Å²) in [6.07, 6.45) is 11.6. The molecule has 0 aromatic heterocycles. The molecule has 1 saturated heterocycles. The van der Waals surface area contributed by atoms with Crippen molar-refractivity contribution >= 4 is 24.1 Å². The lowest BCUT2D eigenvalue weighted by atomic mass is 10.1. The van der Waals surface area contributed by atoms with Gasteiger partial charge in [0.15, 0.2) is 0 Å². The lowest BCUT2D eigenvalue weighted by molar-refractivity contribution is -0.132. The number of carbonyl (C=O) groups is 2. The predicted octanol–water partition coefficient (Wildman–Crippen LogP) is 4.31. The van der Waals surface area contributed by atoms with E-state index in [1.165, 1.54) is 56.9 Å². The Kier molecular flexibility index (Phi) is 8.71. The Bertz CT molecular complexity index is 590. The Hall–Kier alpha value is -1.49. The number of nitrogens with zero attached hydrogens (tertiary/aromatic N) is 2. The van der Waals surface area contributed by atoms with Gasteiger partial charge in [0.25, 0.3) is 0 Å². The molecule has 1 heterocycles. The summed E-state index contributed by atoms with van der Waals surface area (Å²) in [6, 6.07) is 10.8. The highest BCUT2D eigenvalue weighted by molar-refractivity contribution is 8.00. The van der Waals surface area contributed by atoms with Crippen LogP contribution in [0, 0.1) is 0 Å². The normalized spacial score (nSPS) is 20.7. The lowest BCUT2D eigenvalue weighted by Crippen LogP contribution is -2.48. The number of piperazine rings is 1. The monoisotopic (exact) mass is 402 g/mol. The van der Waals surface area contributed by atoms with Crippen LogP contribution in [0.2, 0.25) is 0 Å². The average molecular weight is 403 g/mol. The summed E-state index contributed by atoms with van der Waals surface area (Å²) in [5.41, 5.74) is 1.53. The number of hydrogen-bond acceptors (Lipinski definition) is 3. The van der Waals surface area contributed by atoms with Crippen molar-refractivity contribution in [3.8, 4) is 0 Å². The fraction of sp³-hybridized carbons (Fsp3) is 0.652. The van der Waals surface area contributed by atoms with Crippen LogP contribution in [0.5, 0.6) is 0 Å². The molecule has 2 amide bonds. The van der Waals surface area contributed by atoms with E-state index in [0.29, 0.717) is 37.2 Å². The SMILES string of the molecule is O=CN1CCN(C(=O)CSC2CCCCCC2)CC1.c1ccc(C2CC2)cc1. The number of amides is 2. The summed E-state index contributed by atoms with van der Waals surface area (Å²) in [7, 11) is 0. The maximum absolute atomic E-state index is 12.1. The molecule has 1 aromatic carbocycles. The molecule has 0 radical (unpaired) electrons. The molecule has 1 aliphatic heterocycles. The van der Waals surface area contributed by atoms with Crippen LogP contribution in [0.15, 0.2) is 30.3 Å². The zero-order valence-corrected chi connectivity index (χ0v) is 17.7. The van der Waals surface area contributed by atoms with Crippen LogP contribution in [-0.2, 0) is 9.59 Å². The number of carbonyl (C=O) groups excluding carboxylic acids is 2. The summed E-state index contributed by atoms with van der Waals surface area (Å²) in [5.74, 6) is 1.78. The van der Waals surface area contributed by atoms with E-state index in [1.807, 2.05) is 16.7 Å². The molecule has 0 N–H and O–H groups in total. The fourth-order valence-electron chi connectivity index (χ4n) is 3.91. The summed E-state index contributed by atoms with van der Waals surface area (Å²) >= 11 is 1.84. The van der Waals surface area contributed by atoms with E-state index in [2.05, 4.69) is 30.3 Å².